The molecule has 9 heteroatoms. The van der Waals surface area contributed by atoms with E-state index in [4.69, 9.17) is 0 Å². The Morgan fingerprint density at radius 2 is 1.46 bits per heavy atom. The lowest BCUT2D eigenvalue weighted by Crippen LogP contribution is -2.27. The molecule has 0 fully saturated rings. The van der Waals surface area contributed by atoms with Crippen LogP contribution in [0.3, 0.4) is 0 Å². The number of aromatic nitrogens is 1. The van der Waals surface area contributed by atoms with E-state index >= 15 is 0 Å². The summed E-state index contributed by atoms with van der Waals surface area (Å²) in [6, 6.07) is 15.7. The fraction of sp³-hybridized carbons (Fsp3) is 0.0714. The number of nitrogens with one attached hydrogen (secondary N) is 1. The number of carbonyl (C=O) groups excluding carboxylic acids is 3. The summed E-state index contributed by atoms with van der Waals surface area (Å²) in [7, 11) is 0. The van der Waals surface area contributed by atoms with Crippen LogP contribution in [0.1, 0.15) is 53.3 Å². The van der Waals surface area contributed by atoms with Crippen LogP contribution in [0.4, 0.5) is 5.69 Å². The van der Waals surface area contributed by atoms with Crippen LogP contribution in [-0.2, 0) is 22.4 Å². The number of hydrogen-bond donors (Lipinski definition) is 3. The number of rotatable bonds is 6. The zero-order valence-electron chi connectivity index (χ0n) is 19.1. The van der Waals surface area contributed by atoms with E-state index in [2.05, 4.69) is 10.3 Å². The summed E-state index contributed by atoms with van der Waals surface area (Å²) >= 11 is 0. The van der Waals surface area contributed by atoms with Gasteiger partial charge in [0.25, 0.3) is 5.91 Å². The van der Waals surface area contributed by atoms with Crippen molar-refractivity contribution in [1.29, 1.82) is 0 Å². The molecule has 0 spiro atoms. The number of hydrogen-bond acceptors (Lipinski definition) is 6. The summed E-state index contributed by atoms with van der Waals surface area (Å²) in [6.45, 7) is 0. The van der Waals surface area contributed by atoms with Crippen LogP contribution in [0.15, 0.2) is 66.9 Å². The molecule has 37 heavy (non-hydrogen) atoms. The maximum atomic E-state index is 13.5. The normalized spacial score (nSPS) is 12.1. The fourth-order valence-electron chi connectivity index (χ4n) is 4.62. The molecule has 0 saturated heterocycles. The molecular formula is C28H18N2O7. The van der Waals surface area contributed by atoms with Crippen LogP contribution in [0.25, 0.3) is 10.9 Å². The topological polar surface area (TPSA) is 151 Å². The van der Waals surface area contributed by atoms with E-state index in [0.717, 1.165) is 0 Å². The molecule has 1 aliphatic rings. The number of aliphatic carboxylic acids is 2. The number of anilines is 1. The second-order valence-electron chi connectivity index (χ2n) is 8.53. The van der Waals surface area contributed by atoms with E-state index in [0.29, 0.717) is 16.6 Å². The number of carbonyl (C=O) groups is 5. The third kappa shape index (κ3) is 4.23. The van der Waals surface area contributed by atoms with E-state index in [1.807, 2.05) is 6.07 Å². The van der Waals surface area contributed by atoms with Crippen LogP contribution in [0.2, 0.25) is 0 Å². The largest absolute Gasteiger partial charge is 0.481 e. The highest BCUT2D eigenvalue weighted by atomic mass is 16.4. The highest BCUT2D eigenvalue weighted by Gasteiger charge is 2.35. The maximum absolute atomic E-state index is 13.5. The molecule has 0 atom stereocenters. The predicted octanol–water partition coefficient (Wildman–Crippen LogP) is 3.52. The lowest BCUT2D eigenvalue weighted by molar-refractivity contribution is -0.137. The number of nitrogens with zero attached hydrogens (tertiary/aromatic N) is 1. The minimum Gasteiger partial charge on any atom is -0.481 e. The van der Waals surface area contributed by atoms with Crippen LogP contribution < -0.4 is 5.32 Å². The molecule has 4 aromatic rings. The number of para-hydroxylation sites is 1. The Balaban J connectivity index is 1.62. The molecule has 5 rings (SSSR count). The SMILES string of the molecule is O=C(O)Cc1cccc2c1C(=O)c1c(CC(=O)O)cc(C(=O)Nc3ccnc4ccccc34)cc1C2=O. The van der Waals surface area contributed by atoms with Gasteiger partial charge in [-0.15, -0.1) is 0 Å². The summed E-state index contributed by atoms with van der Waals surface area (Å²) < 4.78 is 0. The van der Waals surface area contributed by atoms with Gasteiger partial charge in [-0.25, -0.2) is 0 Å². The van der Waals surface area contributed by atoms with Crippen molar-refractivity contribution in [2.45, 2.75) is 12.8 Å². The third-order valence-corrected chi connectivity index (χ3v) is 6.16. The average Bonchev–Trinajstić information content (AvgIpc) is 2.86. The first kappa shape index (κ1) is 23.6. The number of fused-ring (bicyclic) bond motifs is 3. The Hall–Kier alpha value is -5.18. The highest BCUT2D eigenvalue weighted by molar-refractivity contribution is 6.30. The van der Waals surface area contributed by atoms with Crippen LogP contribution in [0.5, 0.6) is 0 Å². The molecular weight excluding hydrogens is 476 g/mol. The van der Waals surface area contributed by atoms with Crippen molar-refractivity contribution in [3.05, 3.63) is 106 Å². The van der Waals surface area contributed by atoms with Gasteiger partial charge < -0.3 is 15.5 Å². The highest BCUT2D eigenvalue weighted by Crippen LogP contribution is 2.33. The fourth-order valence-corrected chi connectivity index (χ4v) is 4.62. The average molecular weight is 494 g/mol. The zero-order chi connectivity index (χ0) is 26.3. The molecule has 9 nitrogen and oxygen atoms in total. The molecule has 1 aliphatic carbocycles. The molecule has 0 saturated carbocycles. The molecule has 1 heterocycles. The number of pyridine rings is 1. The monoisotopic (exact) mass is 494 g/mol. The van der Waals surface area contributed by atoms with Crippen LogP contribution in [-0.4, -0.2) is 44.6 Å². The van der Waals surface area contributed by atoms with Gasteiger partial charge in [0.05, 0.1) is 24.0 Å². The molecule has 0 bridgehead atoms. The van der Waals surface area contributed by atoms with E-state index < -0.39 is 42.3 Å². The van der Waals surface area contributed by atoms with Gasteiger partial charge in [0.1, 0.15) is 0 Å². The van der Waals surface area contributed by atoms with Crippen LogP contribution >= 0.6 is 0 Å². The summed E-state index contributed by atoms with van der Waals surface area (Å²) in [6.07, 6.45) is 0.442. The summed E-state index contributed by atoms with van der Waals surface area (Å²) in [5, 5.41) is 22.2. The Morgan fingerprint density at radius 3 is 2.22 bits per heavy atom. The first-order valence-corrected chi connectivity index (χ1v) is 11.2. The van der Waals surface area contributed by atoms with Gasteiger partial charge in [-0.1, -0.05) is 36.4 Å². The van der Waals surface area contributed by atoms with Crippen LogP contribution in [0, 0.1) is 0 Å². The quantitative estimate of drug-likeness (QED) is 0.324. The second kappa shape index (κ2) is 9.12. The Morgan fingerprint density at radius 1 is 0.757 bits per heavy atom. The van der Waals surface area contributed by atoms with Crippen molar-refractivity contribution in [2.24, 2.45) is 0 Å². The van der Waals surface area contributed by atoms with Gasteiger partial charge in [0.2, 0.25) is 0 Å². The Kier molecular flexibility index (Phi) is 5.81. The number of amides is 1. The van der Waals surface area contributed by atoms with Crippen molar-refractivity contribution in [3.63, 3.8) is 0 Å². The standard InChI is InChI=1S/C28H18N2O7/c31-22(32)12-14-4-3-6-18-24(14)27(36)25-15(13-23(33)34)10-16(11-19(25)26(18)35)28(37)30-21-8-9-29-20-7-2-1-5-17(20)21/h1-11H,12-13H2,(H,31,32)(H,33,34)(H,29,30,37). The van der Waals surface area contributed by atoms with Crippen molar-refractivity contribution < 1.29 is 34.2 Å². The van der Waals surface area contributed by atoms with Crippen molar-refractivity contribution in [3.8, 4) is 0 Å². The van der Waals surface area contributed by atoms with Gasteiger partial charge in [-0.2, -0.15) is 0 Å². The van der Waals surface area contributed by atoms with E-state index in [1.54, 1.807) is 24.3 Å². The van der Waals surface area contributed by atoms with Crippen molar-refractivity contribution in [2.75, 3.05) is 5.32 Å². The Bertz CT molecular complexity index is 1670. The summed E-state index contributed by atoms with van der Waals surface area (Å²) in [4.78, 5) is 67.5. The zero-order valence-corrected chi connectivity index (χ0v) is 19.1. The molecule has 3 aromatic carbocycles. The molecule has 1 aromatic heterocycles. The van der Waals surface area contributed by atoms with Crippen molar-refractivity contribution in [1.82, 2.24) is 4.98 Å². The van der Waals surface area contributed by atoms with Gasteiger partial charge in [-0.05, 0) is 35.4 Å². The Labute approximate surface area is 209 Å². The lowest BCUT2D eigenvalue weighted by atomic mass is 9.78. The van der Waals surface area contributed by atoms with Gasteiger partial charge >= 0.3 is 11.9 Å². The second-order valence-corrected chi connectivity index (χ2v) is 8.53. The molecule has 182 valence electrons. The molecule has 0 aliphatic heterocycles. The minimum atomic E-state index is -1.26. The molecule has 3 N–H and O–H groups in total. The first-order valence-electron chi connectivity index (χ1n) is 11.2. The van der Waals surface area contributed by atoms with E-state index in [1.165, 1.54) is 36.5 Å². The third-order valence-electron chi connectivity index (χ3n) is 6.16. The van der Waals surface area contributed by atoms with Crippen molar-refractivity contribution >= 4 is 46.0 Å². The smallest absolute Gasteiger partial charge is 0.307 e. The number of benzene rings is 3. The van der Waals surface area contributed by atoms with Gasteiger partial charge in [0, 0.05) is 39.4 Å². The number of ketones is 2. The molecule has 0 unspecified atom stereocenters. The van der Waals surface area contributed by atoms with E-state index in [9.17, 15) is 34.2 Å². The van der Waals surface area contributed by atoms with Gasteiger partial charge in [0.15, 0.2) is 11.6 Å². The lowest BCUT2D eigenvalue weighted by Gasteiger charge is -2.23. The van der Waals surface area contributed by atoms with E-state index in [-0.39, 0.29) is 38.9 Å². The number of carboxylic acid groups (broad SMARTS) is 2. The predicted molar refractivity (Wildman–Crippen MR) is 132 cm³/mol. The van der Waals surface area contributed by atoms with Gasteiger partial charge in [-0.3, -0.25) is 29.0 Å². The first-order chi connectivity index (χ1) is 17.7. The summed E-state index contributed by atoms with van der Waals surface area (Å²) in [5.74, 6) is -4.28. The summed E-state index contributed by atoms with van der Waals surface area (Å²) in [5.41, 5.74) is 0.987. The molecule has 0 radical (unpaired) electrons. The molecule has 1 amide bonds. The number of carboxylic acids is 2. The minimum absolute atomic E-state index is 0.00202. The maximum Gasteiger partial charge on any atom is 0.307 e.